The van der Waals surface area contributed by atoms with E-state index >= 15 is 0 Å². The molecule has 0 radical (unpaired) electrons. The van der Waals surface area contributed by atoms with Gasteiger partial charge in [-0.15, -0.1) is 0 Å². The van der Waals surface area contributed by atoms with Crippen LogP contribution in [0.3, 0.4) is 0 Å². The van der Waals surface area contributed by atoms with Crippen molar-refractivity contribution >= 4 is 28.9 Å². The molecule has 0 spiro atoms. The normalized spacial score (nSPS) is 12.0. The number of benzene rings is 2. The summed E-state index contributed by atoms with van der Waals surface area (Å²) in [4.78, 5) is 25.4. The molecule has 3 aromatic rings. The average Bonchev–Trinajstić information content (AvgIpc) is 3.09. The summed E-state index contributed by atoms with van der Waals surface area (Å²) in [5.41, 5.74) is 0.970. The standard InChI is InChI=1S/C21H20ClN3O4/c1-14-8-10-17(29-14)13-24(2)20(15-6-4-3-5-7-15)21(26)23-19-11-9-16(25(27)28)12-18(19)22/h3-12,20H,13H2,1-2H3,(H,23,26)/t20-/m1/s1. The Morgan fingerprint density at radius 2 is 1.93 bits per heavy atom. The highest BCUT2D eigenvalue weighted by molar-refractivity contribution is 6.34. The minimum Gasteiger partial charge on any atom is -0.465 e. The lowest BCUT2D eigenvalue weighted by Crippen LogP contribution is -2.34. The summed E-state index contributed by atoms with van der Waals surface area (Å²) in [7, 11) is 1.83. The number of furan rings is 1. The van der Waals surface area contributed by atoms with E-state index < -0.39 is 11.0 Å². The molecular weight excluding hydrogens is 394 g/mol. The van der Waals surface area contributed by atoms with Crippen molar-refractivity contribution < 1.29 is 14.1 Å². The molecule has 3 rings (SSSR count). The van der Waals surface area contributed by atoms with Crippen LogP contribution in [0.2, 0.25) is 5.02 Å². The van der Waals surface area contributed by atoms with Crippen molar-refractivity contribution in [3.63, 3.8) is 0 Å². The van der Waals surface area contributed by atoms with Crippen molar-refractivity contribution in [2.24, 2.45) is 0 Å². The summed E-state index contributed by atoms with van der Waals surface area (Å²) in [6.45, 7) is 2.29. The first-order valence-electron chi connectivity index (χ1n) is 8.90. The third-order valence-electron chi connectivity index (χ3n) is 4.43. The Morgan fingerprint density at radius 3 is 2.52 bits per heavy atom. The van der Waals surface area contributed by atoms with Crippen LogP contribution in [0.25, 0.3) is 0 Å². The van der Waals surface area contributed by atoms with E-state index in [1.807, 2.05) is 61.3 Å². The Hall–Kier alpha value is -3.16. The van der Waals surface area contributed by atoms with Gasteiger partial charge in [-0.1, -0.05) is 41.9 Å². The van der Waals surface area contributed by atoms with Gasteiger partial charge in [0.25, 0.3) is 5.69 Å². The molecule has 1 amide bonds. The van der Waals surface area contributed by atoms with Crippen LogP contribution in [0.1, 0.15) is 23.1 Å². The number of nitrogens with one attached hydrogen (secondary N) is 1. The summed E-state index contributed by atoms with van der Waals surface area (Å²) in [6, 6.07) is 16.4. The lowest BCUT2D eigenvalue weighted by Gasteiger charge is -2.27. The van der Waals surface area contributed by atoms with Crippen molar-refractivity contribution in [3.8, 4) is 0 Å². The number of nitro groups is 1. The number of aryl methyl sites for hydroxylation is 1. The van der Waals surface area contributed by atoms with Crippen molar-refractivity contribution in [2.75, 3.05) is 12.4 Å². The summed E-state index contributed by atoms with van der Waals surface area (Å²) in [6.07, 6.45) is 0. The molecule has 2 aromatic carbocycles. The van der Waals surface area contributed by atoms with Crippen molar-refractivity contribution in [1.29, 1.82) is 0 Å². The third-order valence-corrected chi connectivity index (χ3v) is 4.74. The molecule has 8 heteroatoms. The fourth-order valence-corrected chi connectivity index (χ4v) is 3.29. The number of hydrogen-bond acceptors (Lipinski definition) is 5. The molecule has 1 heterocycles. The second-order valence-corrected chi connectivity index (χ2v) is 7.06. The molecule has 0 aliphatic rings. The number of halogens is 1. The topological polar surface area (TPSA) is 88.6 Å². The molecule has 1 atom stereocenters. The molecule has 0 unspecified atom stereocenters. The molecule has 0 bridgehead atoms. The zero-order chi connectivity index (χ0) is 21.0. The lowest BCUT2D eigenvalue weighted by atomic mass is 10.0. The Morgan fingerprint density at radius 1 is 1.21 bits per heavy atom. The molecule has 0 aliphatic heterocycles. The summed E-state index contributed by atoms with van der Waals surface area (Å²) in [5.74, 6) is 1.23. The van der Waals surface area contributed by atoms with Crippen LogP contribution >= 0.6 is 11.6 Å². The molecule has 0 aliphatic carbocycles. The Labute approximate surface area is 173 Å². The molecule has 7 nitrogen and oxygen atoms in total. The maximum Gasteiger partial charge on any atom is 0.271 e. The quantitative estimate of drug-likeness (QED) is 0.436. The monoisotopic (exact) mass is 413 g/mol. The van der Waals surface area contributed by atoms with Gasteiger partial charge < -0.3 is 9.73 Å². The zero-order valence-electron chi connectivity index (χ0n) is 16.0. The molecule has 0 fully saturated rings. The largest absolute Gasteiger partial charge is 0.465 e. The van der Waals surface area contributed by atoms with Gasteiger partial charge in [0.1, 0.15) is 17.6 Å². The second kappa shape index (κ2) is 8.89. The predicted molar refractivity (Wildman–Crippen MR) is 111 cm³/mol. The van der Waals surface area contributed by atoms with Crippen LogP contribution in [-0.2, 0) is 11.3 Å². The van der Waals surface area contributed by atoms with Gasteiger partial charge in [-0.2, -0.15) is 0 Å². The Kier molecular flexibility index (Phi) is 6.31. The van der Waals surface area contributed by atoms with E-state index in [4.69, 9.17) is 16.0 Å². The first-order chi connectivity index (χ1) is 13.8. The SMILES string of the molecule is Cc1ccc(CN(C)[C@@H](C(=O)Nc2ccc([N+](=O)[O-])cc2Cl)c2ccccc2)o1. The number of carbonyl (C=O) groups is 1. The van der Waals surface area contributed by atoms with Crippen LogP contribution in [-0.4, -0.2) is 22.8 Å². The number of likely N-dealkylation sites (N-methyl/N-ethyl adjacent to an activating group) is 1. The number of carbonyl (C=O) groups excluding carboxylic acids is 1. The van der Waals surface area contributed by atoms with E-state index in [0.717, 1.165) is 17.1 Å². The second-order valence-electron chi connectivity index (χ2n) is 6.65. The Bertz CT molecular complexity index is 1020. The minimum atomic E-state index is -0.618. The zero-order valence-corrected chi connectivity index (χ0v) is 16.7. The summed E-state index contributed by atoms with van der Waals surface area (Å²) < 4.78 is 5.63. The number of nitro benzene ring substituents is 1. The fraction of sp³-hybridized carbons (Fsp3) is 0.190. The van der Waals surface area contributed by atoms with Crippen LogP contribution < -0.4 is 5.32 Å². The number of anilines is 1. The van der Waals surface area contributed by atoms with Crippen molar-refractivity contribution in [3.05, 3.63) is 92.9 Å². The smallest absolute Gasteiger partial charge is 0.271 e. The van der Waals surface area contributed by atoms with E-state index in [1.165, 1.54) is 18.2 Å². The molecular formula is C21H20ClN3O4. The summed E-state index contributed by atoms with van der Waals surface area (Å²) in [5, 5.41) is 13.8. The van der Waals surface area contributed by atoms with Crippen molar-refractivity contribution in [2.45, 2.75) is 19.5 Å². The number of rotatable bonds is 7. The highest BCUT2D eigenvalue weighted by Gasteiger charge is 2.26. The molecule has 29 heavy (non-hydrogen) atoms. The number of non-ortho nitro benzene ring substituents is 1. The minimum absolute atomic E-state index is 0.101. The molecule has 150 valence electrons. The van der Waals surface area contributed by atoms with Gasteiger partial charge in [-0.25, -0.2) is 0 Å². The molecule has 1 N–H and O–H groups in total. The van der Waals surface area contributed by atoms with Gasteiger partial charge in [0.05, 0.1) is 22.2 Å². The first kappa shape index (κ1) is 20.6. The highest BCUT2D eigenvalue weighted by Crippen LogP contribution is 2.29. The maximum absolute atomic E-state index is 13.1. The van der Waals surface area contributed by atoms with Crippen LogP contribution in [0, 0.1) is 17.0 Å². The first-order valence-corrected chi connectivity index (χ1v) is 9.28. The average molecular weight is 414 g/mol. The number of hydrogen-bond donors (Lipinski definition) is 1. The number of nitrogens with zero attached hydrogens (tertiary/aromatic N) is 2. The number of amides is 1. The fourth-order valence-electron chi connectivity index (χ4n) is 3.07. The van der Waals surface area contributed by atoms with E-state index in [9.17, 15) is 14.9 Å². The van der Waals surface area contributed by atoms with Gasteiger partial charge in [0.2, 0.25) is 5.91 Å². The maximum atomic E-state index is 13.1. The highest BCUT2D eigenvalue weighted by atomic mass is 35.5. The molecule has 0 saturated carbocycles. The van der Waals surface area contributed by atoms with Crippen LogP contribution in [0.5, 0.6) is 0 Å². The van der Waals surface area contributed by atoms with E-state index in [1.54, 1.807) is 0 Å². The third kappa shape index (κ3) is 5.01. The van der Waals surface area contributed by atoms with E-state index in [-0.39, 0.29) is 16.6 Å². The lowest BCUT2D eigenvalue weighted by molar-refractivity contribution is -0.384. The van der Waals surface area contributed by atoms with Gasteiger partial charge in [-0.3, -0.25) is 19.8 Å². The van der Waals surface area contributed by atoms with Gasteiger partial charge >= 0.3 is 0 Å². The molecule has 1 aromatic heterocycles. The van der Waals surface area contributed by atoms with Crippen LogP contribution in [0.4, 0.5) is 11.4 Å². The van der Waals surface area contributed by atoms with Crippen LogP contribution in [0.15, 0.2) is 65.1 Å². The van der Waals surface area contributed by atoms with Gasteiger partial charge in [-0.05, 0) is 37.7 Å². The predicted octanol–water partition coefficient (Wildman–Crippen LogP) is 4.96. The summed E-state index contributed by atoms with van der Waals surface area (Å²) >= 11 is 6.13. The molecule has 0 saturated heterocycles. The Balaban J connectivity index is 1.85. The van der Waals surface area contributed by atoms with Gasteiger partial charge in [0, 0.05) is 12.1 Å². The van der Waals surface area contributed by atoms with E-state index in [0.29, 0.717) is 12.2 Å². The van der Waals surface area contributed by atoms with Crippen molar-refractivity contribution in [1.82, 2.24) is 4.90 Å². The van der Waals surface area contributed by atoms with Gasteiger partial charge in [0.15, 0.2) is 0 Å². The van der Waals surface area contributed by atoms with E-state index in [2.05, 4.69) is 5.32 Å².